The molecule has 0 aromatic heterocycles. The van der Waals surface area contributed by atoms with Crippen molar-refractivity contribution in [1.29, 1.82) is 0 Å². The summed E-state index contributed by atoms with van der Waals surface area (Å²) in [6, 6.07) is 12.5. The Hall–Kier alpha value is -2.33. The number of carboxylic acids is 1. The topological polar surface area (TPSA) is 57.6 Å². The van der Waals surface area contributed by atoms with Crippen LogP contribution < -0.4 is 4.90 Å². The van der Waals surface area contributed by atoms with Crippen LogP contribution in [0.3, 0.4) is 0 Å². The Morgan fingerprint density at radius 1 is 1.27 bits per heavy atom. The number of rotatable bonds is 3. The molecule has 22 heavy (non-hydrogen) atoms. The van der Waals surface area contributed by atoms with E-state index in [1.807, 2.05) is 18.2 Å². The van der Waals surface area contributed by atoms with Crippen LogP contribution in [0.4, 0.5) is 5.69 Å². The van der Waals surface area contributed by atoms with Gasteiger partial charge in [0, 0.05) is 16.3 Å². The number of carbonyl (C=O) groups is 2. The fraction of sp³-hybridized carbons (Fsp3) is 0.176. The lowest BCUT2D eigenvalue weighted by atomic mass is 10.0. The molecule has 5 heteroatoms. The van der Waals surface area contributed by atoms with E-state index in [1.54, 1.807) is 36.1 Å². The summed E-state index contributed by atoms with van der Waals surface area (Å²) >= 11 is 6.20. The van der Waals surface area contributed by atoms with E-state index >= 15 is 0 Å². The Balaban J connectivity index is 1.93. The van der Waals surface area contributed by atoms with Gasteiger partial charge in [0.05, 0.1) is 12.5 Å². The van der Waals surface area contributed by atoms with Gasteiger partial charge in [0.25, 0.3) is 5.91 Å². The minimum atomic E-state index is -0.931. The zero-order valence-corrected chi connectivity index (χ0v) is 12.7. The van der Waals surface area contributed by atoms with Gasteiger partial charge in [-0.2, -0.15) is 0 Å². The smallest absolute Gasteiger partial charge is 0.310 e. The lowest BCUT2D eigenvalue weighted by Gasteiger charge is -2.18. The fourth-order valence-corrected chi connectivity index (χ4v) is 2.97. The van der Waals surface area contributed by atoms with E-state index in [0.717, 1.165) is 5.56 Å². The average molecular weight is 316 g/mol. The van der Waals surface area contributed by atoms with E-state index in [-0.39, 0.29) is 5.91 Å². The molecule has 0 spiro atoms. The van der Waals surface area contributed by atoms with Crippen LogP contribution in [0, 0.1) is 0 Å². The van der Waals surface area contributed by atoms with Crippen LogP contribution in [0.25, 0.3) is 0 Å². The van der Waals surface area contributed by atoms with Crippen molar-refractivity contribution in [1.82, 2.24) is 0 Å². The molecule has 2 aromatic carbocycles. The largest absolute Gasteiger partial charge is 0.481 e. The molecule has 1 heterocycles. The van der Waals surface area contributed by atoms with Crippen molar-refractivity contribution >= 4 is 29.2 Å². The molecule has 0 fully saturated rings. The highest BCUT2D eigenvalue weighted by atomic mass is 35.5. The molecule has 2 aromatic rings. The average Bonchev–Trinajstić information content (AvgIpc) is 2.84. The summed E-state index contributed by atoms with van der Waals surface area (Å²) in [4.78, 5) is 25.1. The molecule has 0 saturated heterocycles. The summed E-state index contributed by atoms with van der Waals surface area (Å²) in [5.41, 5.74) is 2.89. The molecular formula is C17H14ClNO3. The number of carboxylic acid groups (broad SMARTS) is 1. The highest BCUT2D eigenvalue weighted by molar-refractivity contribution is 6.32. The molecule has 1 aliphatic rings. The molecule has 1 N–H and O–H groups in total. The number of benzene rings is 2. The molecule has 0 radical (unpaired) electrons. The summed E-state index contributed by atoms with van der Waals surface area (Å²) in [5, 5.41) is 9.44. The van der Waals surface area contributed by atoms with Crippen LogP contribution in [0.5, 0.6) is 0 Å². The van der Waals surface area contributed by atoms with Crippen molar-refractivity contribution in [2.75, 3.05) is 4.90 Å². The van der Waals surface area contributed by atoms with Crippen molar-refractivity contribution < 1.29 is 14.7 Å². The van der Waals surface area contributed by atoms with E-state index in [2.05, 4.69) is 0 Å². The summed E-state index contributed by atoms with van der Waals surface area (Å²) in [6.07, 6.45) is 0. The molecular weight excluding hydrogens is 302 g/mol. The molecule has 1 amide bonds. The van der Waals surface area contributed by atoms with E-state index in [1.165, 1.54) is 0 Å². The number of hydrogen-bond acceptors (Lipinski definition) is 2. The number of amides is 1. The Bertz CT molecular complexity index is 772. The van der Waals surface area contributed by atoms with Gasteiger partial charge in [-0.15, -0.1) is 0 Å². The number of anilines is 1. The van der Waals surface area contributed by atoms with Gasteiger partial charge >= 0.3 is 5.97 Å². The third kappa shape index (κ3) is 2.35. The van der Waals surface area contributed by atoms with Crippen LogP contribution in [-0.2, 0) is 11.3 Å². The van der Waals surface area contributed by atoms with Gasteiger partial charge in [-0.1, -0.05) is 35.9 Å². The summed E-state index contributed by atoms with van der Waals surface area (Å²) in [5.74, 6) is -1.68. The Morgan fingerprint density at radius 3 is 2.64 bits per heavy atom. The van der Waals surface area contributed by atoms with Crippen molar-refractivity contribution in [2.24, 2.45) is 0 Å². The first-order chi connectivity index (χ1) is 10.5. The second-order valence-corrected chi connectivity index (χ2v) is 5.72. The van der Waals surface area contributed by atoms with Gasteiger partial charge in [-0.3, -0.25) is 9.59 Å². The van der Waals surface area contributed by atoms with Crippen molar-refractivity contribution in [3.05, 3.63) is 64.2 Å². The van der Waals surface area contributed by atoms with Gasteiger partial charge < -0.3 is 10.0 Å². The van der Waals surface area contributed by atoms with E-state index in [0.29, 0.717) is 28.4 Å². The molecule has 4 nitrogen and oxygen atoms in total. The maximum Gasteiger partial charge on any atom is 0.310 e. The Morgan fingerprint density at radius 2 is 2.00 bits per heavy atom. The quantitative estimate of drug-likeness (QED) is 0.939. The third-order valence-electron chi connectivity index (χ3n) is 3.95. The Labute approximate surface area is 132 Å². The zero-order chi connectivity index (χ0) is 15.9. The molecule has 0 saturated carbocycles. The van der Waals surface area contributed by atoms with E-state index in [9.17, 15) is 9.59 Å². The van der Waals surface area contributed by atoms with Gasteiger partial charge in [0.1, 0.15) is 0 Å². The first-order valence-corrected chi connectivity index (χ1v) is 7.29. The Kier molecular flexibility index (Phi) is 3.62. The standard InChI is InChI=1S/C17H14ClNO3/c1-10(17(21)22)13-7-6-12(8-15(13)18)19-9-11-4-2-3-5-14(11)16(19)20/h2-8,10H,9H2,1H3,(H,21,22). The van der Waals surface area contributed by atoms with Crippen LogP contribution >= 0.6 is 11.6 Å². The fourth-order valence-electron chi connectivity index (χ4n) is 2.63. The number of hydrogen-bond donors (Lipinski definition) is 1. The van der Waals surface area contributed by atoms with Crippen molar-refractivity contribution in [2.45, 2.75) is 19.4 Å². The highest BCUT2D eigenvalue weighted by Gasteiger charge is 2.28. The molecule has 1 unspecified atom stereocenters. The SMILES string of the molecule is CC(C(=O)O)c1ccc(N2Cc3ccccc3C2=O)cc1Cl. The number of halogens is 1. The maximum absolute atomic E-state index is 12.4. The van der Waals surface area contributed by atoms with Crippen LogP contribution in [0.2, 0.25) is 5.02 Å². The van der Waals surface area contributed by atoms with Crippen molar-refractivity contribution in [3.8, 4) is 0 Å². The van der Waals surface area contributed by atoms with Crippen LogP contribution in [0.15, 0.2) is 42.5 Å². The number of fused-ring (bicyclic) bond motifs is 1. The highest BCUT2D eigenvalue weighted by Crippen LogP contribution is 2.33. The van der Waals surface area contributed by atoms with E-state index < -0.39 is 11.9 Å². The van der Waals surface area contributed by atoms with E-state index in [4.69, 9.17) is 16.7 Å². The van der Waals surface area contributed by atoms with Gasteiger partial charge in [-0.25, -0.2) is 0 Å². The third-order valence-corrected chi connectivity index (χ3v) is 4.28. The molecule has 3 rings (SSSR count). The number of nitrogens with zero attached hydrogens (tertiary/aromatic N) is 1. The van der Waals surface area contributed by atoms with Gasteiger partial charge in [0.2, 0.25) is 0 Å². The summed E-state index contributed by atoms with van der Waals surface area (Å²) in [6.45, 7) is 2.08. The minimum absolute atomic E-state index is 0.0642. The predicted molar refractivity (Wildman–Crippen MR) is 84.5 cm³/mol. The van der Waals surface area contributed by atoms with Gasteiger partial charge in [-0.05, 0) is 36.2 Å². The predicted octanol–water partition coefficient (Wildman–Crippen LogP) is 3.69. The lowest BCUT2D eigenvalue weighted by Crippen LogP contribution is -2.23. The van der Waals surface area contributed by atoms with Crippen molar-refractivity contribution in [3.63, 3.8) is 0 Å². The normalized spacial score (nSPS) is 14.8. The lowest BCUT2D eigenvalue weighted by molar-refractivity contribution is -0.138. The molecule has 1 aliphatic heterocycles. The molecule has 1 atom stereocenters. The second-order valence-electron chi connectivity index (χ2n) is 5.31. The molecule has 0 aliphatic carbocycles. The number of carbonyl (C=O) groups excluding carboxylic acids is 1. The second kappa shape index (κ2) is 5.46. The summed E-state index contributed by atoms with van der Waals surface area (Å²) in [7, 11) is 0. The molecule has 112 valence electrons. The van der Waals surface area contributed by atoms with Crippen LogP contribution in [0.1, 0.15) is 34.3 Å². The molecule has 0 bridgehead atoms. The monoisotopic (exact) mass is 315 g/mol. The first kappa shape index (κ1) is 14.6. The number of aliphatic carboxylic acids is 1. The first-order valence-electron chi connectivity index (χ1n) is 6.91. The van der Waals surface area contributed by atoms with Crippen LogP contribution in [-0.4, -0.2) is 17.0 Å². The minimum Gasteiger partial charge on any atom is -0.481 e. The maximum atomic E-state index is 12.4. The van der Waals surface area contributed by atoms with Gasteiger partial charge in [0.15, 0.2) is 0 Å². The zero-order valence-electron chi connectivity index (χ0n) is 11.9. The summed E-state index contributed by atoms with van der Waals surface area (Å²) < 4.78 is 0.